The Balaban J connectivity index is 2.62. The van der Waals surface area contributed by atoms with Crippen LogP contribution in [0.4, 0.5) is 0 Å². The highest BCUT2D eigenvalue weighted by molar-refractivity contribution is 7.78. The van der Waals surface area contributed by atoms with Gasteiger partial charge in [-0.25, -0.2) is 0 Å². The maximum absolute atomic E-state index is 4.51. The van der Waals surface area contributed by atoms with Crippen molar-refractivity contribution in [3.8, 4) is 0 Å². The number of thiocarbonyl (C=S) groups is 1. The fraction of sp³-hybridized carbons (Fsp3) is 0.200. The average molecular weight is 142 g/mol. The van der Waals surface area contributed by atoms with E-state index in [1.165, 1.54) is 11.5 Å². The lowest BCUT2D eigenvalue weighted by molar-refractivity contribution is 1.27. The molecule has 0 saturated heterocycles. The van der Waals surface area contributed by atoms with E-state index in [1.54, 1.807) is 0 Å². The molecule has 0 N–H and O–H groups in total. The van der Waals surface area contributed by atoms with Gasteiger partial charge in [0.2, 0.25) is 0 Å². The molecule has 0 bridgehead atoms. The Morgan fingerprint density at radius 3 is 3.25 bits per heavy atom. The predicted octanol–water partition coefficient (Wildman–Crippen LogP) is 1.56. The molecule has 0 aliphatic rings. The first-order valence-corrected chi connectivity index (χ1v) is 3.42. The Morgan fingerprint density at radius 1 is 1.88 bits per heavy atom. The summed E-state index contributed by atoms with van der Waals surface area (Å²) in [6.45, 7) is 0. The van der Waals surface area contributed by atoms with E-state index in [2.05, 4.69) is 22.0 Å². The predicted molar refractivity (Wildman–Crippen MR) is 38.4 cm³/mol. The van der Waals surface area contributed by atoms with Gasteiger partial charge in [-0.1, -0.05) is 12.2 Å². The van der Waals surface area contributed by atoms with Gasteiger partial charge >= 0.3 is 0 Å². The highest BCUT2D eigenvalue weighted by Gasteiger charge is 1.87. The molecule has 1 aromatic heterocycles. The topological polar surface area (TPSA) is 12.9 Å². The molecular weight excluding hydrogens is 138 g/mol. The van der Waals surface area contributed by atoms with Gasteiger partial charge in [0.25, 0.3) is 0 Å². The largest absolute Gasteiger partial charge is 0.197 e. The molecule has 1 aromatic rings. The van der Waals surface area contributed by atoms with Gasteiger partial charge in [-0.2, -0.15) is 4.37 Å². The Hall–Kier alpha value is -0.280. The van der Waals surface area contributed by atoms with Crippen molar-refractivity contribution in [2.45, 2.75) is 6.42 Å². The van der Waals surface area contributed by atoms with Gasteiger partial charge in [0, 0.05) is 17.2 Å². The Kier molecular flexibility index (Phi) is 2.11. The Labute approximate surface area is 57.5 Å². The fourth-order valence-electron chi connectivity index (χ4n) is 0.403. The Morgan fingerprint density at radius 2 is 2.75 bits per heavy atom. The summed E-state index contributed by atoms with van der Waals surface area (Å²) in [5.41, 5.74) is 1.02. The molecule has 0 aromatic carbocycles. The van der Waals surface area contributed by atoms with Crippen LogP contribution in [0.25, 0.3) is 0 Å². The maximum Gasteiger partial charge on any atom is 0.0594 e. The third-order valence-electron chi connectivity index (χ3n) is 0.745. The molecule has 0 atom stereocenters. The molecule has 0 fully saturated rings. The lowest BCUT2D eigenvalue weighted by Crippen LogP contribution is -1.80. The van der Waals surface area contributed by atoms with Crippen molar-refractivity contribution in [1.82, 2.24) is 4.37 Å². The molecule has 0 saturated carbocycles. The number of rotatable bonds is 2. The minimum atomic E-state index is 0.693. The molecule has 1 heterocycles. The van der Waals surface area contributed by atoms with E-state index >= 15 is 0 Å². The second kappa shape index (κ2) is 2.89. The standard InChI is InChI=1S/C5H4NS2/c7-3-1-5-2-4-8-6-5/h2,4H,1H2. The van der Waals surface area contributed by atoms with Gasteiger partial charge in [-0.15, -0.1) is 0 Å². The first-order chi connectivity index (χ1) is 3.93. The zero-order valence-electron chi connectivity index (χ0n) is 4.13. The quantitative estimate of drug-likeness (QED) is 0.581. The molecule has 3 heteroatoms. The van der Waals surface area contributed by atoms with Crippen LogP contribution in [0.15, 0.2) is 11.4 Å². The van der Waals surface area contributed by atoms with Gasteiger partial charge < -0.3 is 0 Å². The summed E-state index contributed by atoms with van der Waals surface area (Å²) in [6.07, 6.45) is 0.693. The molecule has 0 aliphatic carbocycles. The molecular formula is C5H4NS2. The first-order valence-electron chi connectivity index (χ1n) is 2.18. The van der Waals surface area contributed by atoms with Crippen LogP contribution in [-0.2, 0) is 6.42 Å². The minimum Gasteiger partial charge on any atom is -0.197 e. The first kappa shape index (κ1) is 5.85. The van der Waals surface area contributed by atoms with Crippen LogP contribution in [0.3, 0.4) is 0 Å². The summed E-state index contributed by atoms with van der Waals surface area (Å²) in [4.78, 5) is 0. The van der Waals surface area contributed by atoms with Crippen molar-refractivity contribution in [2.75, 3.05) is 0 Å². The minimum absolute atomic E-state index is 0.693. The van der Waals surface area contributed by atoms with Gasteiger partial charge in [0.15, 0.2) is 0 Å². The van der Waals surface area contributed by atoms with Crippen LogP contribution in [0.5, 0.6) is 0 Å². The van der Waals surface area contributed by atoms with Crippen LogP contribution in [0, 0.1) is 0 Å². The van der Waals surface area contributed by atoms with Gasteiger partial charge in [-0.05, 0) is 17.6 Å². The second-order valence-electron chi connectivity index (χ2n) is 1.31. The van der Waals surface area contributed by atoms with E-state index in [9.17, 15) is 0 Å². The van der Waals surface area contributed by atoms with E-state index in [4.69, 9.17) is 0 Å². The summed E-state index contributed by atoms with van der Waals surface area (Å²) >= 11 is 5.96. The van der Waals surface area contributed by atoms with Crippen molar-refractivity contribution in [3.63, 3.8) is 0 Å². The van der Waals surface area contributed by atoms with Crippen molar-refractivity contribution >= 4 is 29.1 Å². The molecule has 0 amide bonds. The molecule has 41 valence electrons. The summed E-state index contributed by atoms with van der Waals surface area (Å²) in [6, 6.07) is 1.95. The Bertz CT molecular complexity index is 157. The second-order valence-corrected chi connectivity index (χ2v) is 2.27. The van der Waals surface area contributed by atoms with E-state index in [1.807, 2.05) is 11.4 Å². The lowest BCUT2D eigenvalue weighted by Gasteiger charge is -1.77. The zero-order chi connectivity index (χ0) is 5.82. The van der Waals surface area contributed by atoms with E-state index in [0.29, 0.717) is 6.42 Å². The highest BCUT2D eigenvalue weighted by atomic mass is 32.1. The van der Waals surface area contributed by atoms with Gasteiger partial charge in [0.1, 0.15) is 0 Å². The number of hydrogen-bond acceptors (Lipinski definition) is 3. The van der Waals surface area contributed by atoms with E-state index in [-0.39, 0.29) is 0 Å². The molecule has 1 radical (unpaired) electrons. The molecule has 1 nitrogen and oxygen atoms in total. The normalized spacial score (nSPS) is 9.00. The van der Waals surface area contributed by atoms with Crippen LogP contribution < -0.4 is 0 Å². The summed E-state index contributed by atoms with van der Waals surface area (Å²) < 4.78 is 4.02. The van der Waals surface area contributed by atoms with Crippen LogP contribution >= 0.6 is 23.8 Å². The van der Waals surface area contributed by atoms with Crippen molar-refractivity contribution < 1.29 is 0 Å². The summed E-state index contributed by atoms with van der Waals surface area (Å²) in [5, 5.41) is 4.53. The lowest BCUT2D eigenvalue weighted by atomic mass is 10.3. The zero-order valence-corrected chi connectivity index (χ0v) is 5.76. The van der Waals surface area contributed by atoms with Crippen molar-refractivity contribution in [2.24, 2.45) is 0 Å². The molecule has 0 unspecified atom stereocenters. The van der Waals surface area contributed by atoms with Crippen LogP contribution in [0.1, 0.15) is 5.69 Å². The SMILES string of the molecule is S=[C]Cc1ccsn1. The monoisotopic (exact) mass is 142 g/mol. The van der Waals surface area contributed by atoms with Gasteiger partial charge in [0.05, 0.1) is 5.69 Å². The maximum atomic E-state index is 4.51. The third-order valence-corrected chi connectivity index (χ3v) is 1.49. The molecule has 0 aliphatic heterocycles. The third kappa shape index (κ3) is 1.35. The number of aromatic nitrogens is 1. The van der Waals surface area contributed by atoms with Crippen molar-refractivity contribution in [3.05, 3.63) is 17.1 Å². The highest BCUT2D eigenvalue weighted by Crippen LogP contribution is 1.98. The fourth-order valence-corrected chi connectivity index (χ4v) is 1.09. The molecule has 8 heavy (non-hydrogen) atoms. The average Bonchev–Trinajstić information content (AvgIpc) is 2.19. The van der Waals surface area contributed by atoms with E-state index < -0.39 is 0 Å². The number of hydrogen-bond donors (Lipinski definition) is 0. The summed E-state index contributed by atoms with van der Waals surface area (Å²) in [7, 11) is 0. The van der Waals surface area contributed by atoms with Crippen LogP contribution in [0.2, 0.25) is 0 Å². The van der Waals surface area contributed by atoms with E-state index in [0.717, 1.165) is 5.69 Å². The molecule has 0 spiro atoms. The number of nitrogens with zero attached hydrogens (tertiary/aromatic N) is 1. The van der Waals surface area contributed by atoms with Crippen LogP contribution in [-0.4, -0.2) is 9.74 Å². The molecule has 1 rings (SSSR count). The smallest absolute Gasteiger partial charge is 0.0594 e. The van der Waals surface area contributed by atoms with Gasteiger partial charge in [-0.3, -0.25) is 0 Å². The summed E-state index contributed by atoms with van der Waals surface area (Å²) in [5.74, 6) is 0. The van der Waals surface area contributed by atoms with Crippen molar-refractivity contribution in [1.29, 1.82) is 0 Å².